The van der Waals surface area contributed by atoms with Crippen molar-refractivity contribution in [3.63, 3.8) is 0 Å². The first-order chi connectivity index (χ1) is 14.5. The van der Waals surface area contributed by atoms with Crippen molar-refractivity contribution in [1.29, 1.82) is 0 Å². The molecule has 0 saturated carbocycles. The quantitative estimate of drug-likeness (QED) is 0.288. The Balaban J connectivity index is 0.000000339. The molecule has 1 N–H and O–H groups in total. The van der Waals surface area contributed by atoms with Gasteiger partial charge in [0.05, 0.1) is 11.1 Å². The minimum atomic E-state index is -5.08. The van der Waals surface area contributed by atoms with Crippen LogP contribution in [0.3, 0.4) is 0 Å². The van der Waals surface area contributed by atoms with Crippen molar-refractivity contribution in [2.24, 2.45) is 0 Å². The Labute approximate surface area is 170 Å². The maximum absolute atomic E-state index is 12.9. The molecule has 0 aliphatic heterocycles. The summed E-state index contributed by atoms with van der Waals surface area (Å²) in [6, 6.07) is 12.9. The lowest BCUT2D eigenvalue weighted by Gasteiger charge is -2.10. The molecule has 4 nitrogen and oxygen atoms in total. The highest BCUT2D eigenvalue weighted by atomic mass is 19.4. The van der Waals surface area contributed by atoms with Crippen LogP contribution in [0.5, 0.6) is 0 Å². The molecule has 0 unspecified atom stereocenters. The number of hydrogen-bond donors (Lipinski definition) is 1. The average molecular weight is 438 g/mol. The van der Waals surface area contributed by atoms with Gasteiger partial charge in [-0.25, -0.2) is 4.79 Å². The van der Waals surface area contributed by atoms with E-state index in [1.54, 1.807) is 24.7 Å². The Bertz CT molecular complexity index is 1250. The Kier molecular flexibility index (Phi) is 5.83. The van der Waals surface area contributed by atoms with Gasteiger partial charge in [0, 0.05) is 34.9 Å². The number of hydrogen-bond acceptors (Lipinski definition) is 3. The zero-order valence-corrected chi connectivity index (χ0v) is 15.4. The van der Waals surface area contributed by atoms with Gasteiger partial charge in [0.1, 0.15) is 0 Å². The maximum Gasteiger partial charge on any atom is 0.490 e. The number of benzene rings is 2. The van der Waals surface area contributed by atoms with Gasteiger partial charge in [-0.2, -0.15) is 26.3 Å². The number of fused-ring (bicyclic) bond motifs is 3. The molecule has 0 radical (unpaired) electrons. The molecule has 0 aliphatic carbocycles. The van der Waals surface area contributed by atoms with Gasteiger partial charge in [0.25, 0.3) is 0 Å². The summed E-state index contributed by atoms with van der Waals surface area (Å²) >= 11 is 0. The molecule has 31 heavy (non-hydrogen) atoms. The molecule has 0 fully saturated rings. The molecule has 2 aromatic heterocycles. The Morgan fingerprint density at radius 1 is 0.839 bits per heavy atom. The first-order valence-corrected chi connectivity index (χ1v) is 8.57. The second-order valence-electron chi connectivity index (χ2n) is 6.33. The largest absolute Gasteiger partial charge is 0.490 e. The fourth-order valence-electron chi connectivity index (χ4n) is 2.80. The number of carboxylic acids is 1. The van der Waals surface area contributed by atoms with Gasteiger partial charge in [-0.3, -0.25) is 9.97 Å². The maximum atomic E-state index is 12.9. The molecule has 0 aliphatic rings. The molecule has 2 aromatic carbocycles. The first-order valence-electron chi connectivity index (χ1n) is 8.57. The van der Waals surface area contributed by atoms with Gasteiger partial charge >= 0.3 is 18.3 Å². The number of carbonyl (C=O) groups is 1. The Hall–Kier alpha value is -3.69. The van der Waals surface area contributed by atoms with Gasteiger partial charge in [0.2, 0.25) is 0 Å². The smallest absolute Gasteiger partial charge is 0.475 e. The van der Waals surface area contributed by atoms with Crippen LogP contribution in [0.2, 0.25) is 0 Å². The van der Waals surface area contributed by atoms with E-state index in [0.717, 1.165) is 33.8 Å². The van der Waals surface area contributed by atoms with Crippen molar-refractivity contribution in [1.82, 2.24) is 9.97 Å². The van der Waals surface area contributed by atoms with Crippen LogP contribution >= 0.6 is 0 Å². The summed E-state index contributed by atoms with van der Waals surface area (Å²) in [4.78, 5) is 17.4. The van der Waals surface area contributed by atoms with E-state index in [1.807, 2.05) is 24.3 Å². The summed E-state index contributed by atoms with van der Waals surface area (Å²) < 4.78 is 70.5. The Morgan fingerprint density at radius 2 is 1.55 bits per heavy atom. The van der Waals surface area contributed by atoms with Gasteiger partial charge in [-0.1, -0.05) is 18.2 Å². The summed E-state index contributed by atoms with van der Waals surface area (Å²) in [7, 11) is 0. The number of rotatable bonds is 1. The van der Waals surface area contributed by atoms with E-state index in [-0.39, 0.29) is 0 Å². The van der Waals surface area contributed by atoms with Crippen LogP contribution in [0.4, 0.5) is 26.3 Å². The number of carboxylic acid groups (broad SMARTS) is 1. The normalized spacial score (nSPS) is 11.8. The molecule has 4 rings (SSSR count). The van der Waals surface area contributed by atoms with E-state index in [9.17, 15) is 26.3 Å². The summed E-state index contributed by atoms with van der Waals surface area (Å²) in [5.41, 5.74) is 1.25. The second kappa shape index (κ2) is 8.21. The molecule has 0 spiro atoms. The van der Waals surface area contributed by atoms with E-state index < -0.39 is 23.9 Å². The monoisotopic (exact) mass is 438 g/mol. The van der Waals surface area contributed by atoms with Crippen molar-refractivity contribution >= 4 is 27.6 Å². The highest BCUT2D eigenvalue weighted by Crippen LogP contribution is 2.33. The average Bonchev–Trinajstić information content (AvgIpc) is 2.72. The van der Waals surface area contributed by atoms with Crippen LogP contribution in [0.15, 0.2) is 67.1 Å². The van der Waals surface area contributed by atoms with E-state index in [1.165, 1.54) is 6.07 Å². The zero-order chi connectivity index (χ0) is 22.8. The number of nitrogens with zero attached hydrogens (tertiary/aromatic N) is 2. The van der Waals surface area contributed by atoms with Gasteiger partial charge in [-0.05, 0) is 41.3 Å². The highest BCUT2D eigenvalue weighted by Gasteiger charge is 2.38. The summed E-state index contributed by atoms with van der Waals surface area (Å²) in [6.07, 6.45) is -4.40. The predicted octanol–water partition coefficient (Wildman–Crippen LogP) is 6.10. The van der Waals surface area contributed by atoms with E-state index in [4.69, 9.17) is 9.90 Å². The minimum Gasteiger partial charge on any atom is -0.475 e. The van der Waals surface area contributed by atoms with Gasteiger partial charge in [-0.15, -0.1) is 0 Å². The Morgan fingerprint density at radius 3 is 2.19 bits per heavy atom. The third-order valence-electron chi connectivity index (χ3n) is 4.25. The van der Waals surface area contributed by atoms with Crippen LogP contribution in [-0.2, 0) is 11.0 Å². The molecule has 160 valence electrons. The third-order valence-corrected chi connectivity index (χ3v) is 4.25. The minimum absolute atomic E-state index is 0.486. The second-order valence-corrected chi connectivity index (χ2v) is 6.33. The lowest BCUT2D eigenvalue weighted by molar-refractivity contribution is -0.192. The number of halogens is 6. The summed E-state index contributed by atoms with van der Waals surface area (Å²) in [5.74, 6) is -2.76. The first kappa shape index (κ1) is 22.0. The lowest BCUT2D eigenvalue weighted by Crippen LogP contribution is -2.21. The van der Waals surface area contributed by atoms with Crippen LogP contribution in [0.1, 0.15) is 5.56 Å². The van der Waals surface area contributed by atoms with Gasteiger partial charge in [0.15, 0.2) is 0 Å². The fraction of sp³-hybridized carbons (Fsp3) is 0.0952. The lowest BCUT2D eigenvalue weighted by atomic mass is 10.0. The van der Waals surface area contributed by atoms with Crippen molar-refractivity contribution in [3.05, 3.63) is 72.7 Å². The molecule has 10 heteroatoms. The van der Waals surface area contributed by atoms with E-state index in [2.05, 4.69) is 9.97 Å². The third kappa shape index (κ3) is 5.08. The van der Waals surface area contributed by atoms with Crippen molar-refractivity contribution < 1.29 is 36.2 Å². The van der Waals surface area contributed by atoms with Crippen LogP contribution in [-0.4, -0.2) is 27.2 Å². The SMILES string of the molecule is FC(F)(F)c1cccc(-c2cnc3ccc4ccncc4c3c2)c1.O=C(O)C(F)(F)F. The zero-order valence-electron chi connectivity index (χ0n) is 15.4. The number of aliphatic carboxylic acids is 1. The molecular weight excluding hydrogens is 426 g/mol. The van der Waals surface area contributed by atoms with Crippen LogP contribution < -0.4 is 0 Å². The molecule has 0 amide bonds. The molecule has 0 bridgehead atoms. The molecular formula is C21H12F6N2O2. The molecule has 2 heterocycles. The van der Waals surface area contributed by atoms with Crippen molar-refractivity contribution in [2.45, 2.75) is 12.4 Å². The molecule has 0 atom stereocenters. The summed E-state index contributed by atoms with van der Waals surface area (Å²) in [6.45, 7) is 0. The van der Waals surface area contributed by atoms with Crippen molar-refractivity contribution in [3.8, 4) is 11.1 Å². The molecule has 0 saturated heterocycles. The van der Waals surface area contributed by atoms with Crippen molar-refractivity contribution in [2.75, 3.05) is 0 Å². The number of aromatic nitrogens is 2. The van der Waals surface area contributed by atoms with Crippen LogP contribution in [0.25, 0.3) is 32.8 Å². The fourth-order valence-corrected chi connectivity index (χ4v) is 2.80. The molecule has 4 aromatic rings. The van der Waals surface area contributed by atoms with E-state index >= 15 is 0 Å². The predicted molar refractivity (Wildman–Crippen MR) is 101 cm³/mol. The number of pyridine rings is 2. The van der Waals surface area contributed by atoms with E-state index in [0.29, 0.717) is 11.1 Å². The topological polar surface area (TPSA) is 63.1 Å². The number of alkyl halides is 6. The summed E-state index contributed by atoms with van der Waals surface area (Å²) in [5, 5.41) is 9.94. The highest BCUT2D eigenvalue weighted by molar-refractivity contribution is 6.06. The standard InChI is InChI=1S/C19H11F3N2.C2HF3O2/c20-19(21,22)15-3-1-2-13(8-15)14-9-16-17-11-23-7-6-12(17)4-5-18(16)24-10-14;3-2(4,5)1(6)7/h1-11H;(H,6,7). The van der Waals surface area contributed by atoms with Gasteiger partial charge < -0.3 is 5.11 Å². The van der Waals surface area contributed by atoms with Crippen LogP contribution in [0, 0.1) is 0 Å².